The van der Waals surface area contributed by atoms with E-state index >= 15 is 0 Å². The zero-order valence-corrected chi connectivity index (χ0v) is 19.3. The summed E-state index contributed by atoms with van der Waals surface area (Å²) in [5.74, 6) is -0.516. The highest BCUT2D eigenvalue weighted by molar-refractivity contribution is 7.88. The molecule has 1 heterocycles. The Morgan fingerprint density at radius 2 is 1.87 bits per heavy atom. The molecule has 2 aromatic rings. The Bertz CT molecular complexity index is 1010. The predicted molar refractivity (Wildman–Crippen MR) is 121 cm³/mol. The quantitative estimate of drug-likeness (QED) is 0.713. The molecular formula is C23H29ClN2O3S. The van der Waals surface area contributed by atoms with Crippen LogP contribution in [0.15, 0.2) is 42.5 Å². The molecule has 7 heteroatoms. The lowest BCUT2D eigenvalue weighted by Gasteiger charge is -2.32. The van der Waals surface area contributed by atoms with Gasteiger partial charge in [-0.05, 0) is 68.0 Å². The number of piperidine rings is 1. The van der Waals surface area contributed by atoms with Crippen LogP contribution in [0.3, 0.4) is 0 Å². The molecule has 1 saturated heterocycles. The van der Waals surface area contributed by atoms with Crippen molar-refractivity contribution in [1.82, 2.24) is 9.62 Å². The Kier molecular flexibility index (Phi) is 7.22. The van der Waals surface area contributed by atoms with E-state index in [0.29, 0.717) is 30.0 Å². The lowest BCUT2D eigenvalue weighted by Crippen LogP contribution is -2.46. The van der Waals surface area contributed by atoms with Crippen LogP contribution in [-0.2, 0) is 20.6 Å². The number of sulfonamides is 1. The summed E-state index contributed by atoms with van der Waals surface area (Å²) in [6.07, 6.45) is 1.37. The van der Waals surface area contributed by atoms with E-state index in [9.17, 15) is 13.2 Å². The number of halogens is 1. The third-order valence-electron chi connectivity index (χ3n) is 5.80. The van der Waals surface area contributed by atoms with Crippen LogP contribution in [0.2, 0.25) is 5.02 Å². The van der Waals surface area contributed by atoms with Crippen LogP contribution in [0, 0.1) is 19.8 Å². The van der Waals surface area contributed by atoms with Crippen molar-refractivity contribution in [3.05, 3.63) is 69.7 Å². The molecule has 5 nitrogen and oxygen atoms in total. The number of carbonyl (C=O) groups is 1. The summed E-state index contributed by atoms with van der Waals surface area (Å²) in [5.41, 5.74) is 4.14. The fourth-order valence-electron chi connectivity index (χ4n) is 3.74. The monoisotopic (exact) mass is 448 g/mol. The first-order chi connectivity index (χ1) is 14.2. The minimum atomic E-state index is -3.50. The highest BCUT2D eigenvalue weighted by Crippen LogP contribution is 2.24. The minimum Gasteiger partial charge on any atom is -0.349 e. The van der Waals surface area contributed by atoms with Crippen LogP contribution in [-0.4, -0.2) is 31.7 Å². The van der Waals surface area contributed by atoms with Crippen molar-refractivity contribution in [1.29, 1.82) is 0 Å². The molecule has 0 saturated carbocycles. The van der Waals surface area contributed by atoms with Crippen LogP contribution >= 0.6 is 11.6 Å². The van der Waals surface area contributed by atoms with E-state index in [1.807, 2.05) is 13.0 Å². The van der Waals surface area contributed by atoms with E-state index in [4.69, 9.17) is 11.6 Å². The number of carbonyl (C=O) groups excluding carboxylic acids is 1. The van der Waals surface area contributed by atoms with Crippen LogP contribution in [0.25, 0.3) is 0 Å². The number of benzene rings is 2. The molecule has 0 unspecified atom stereocenters. The third-order valence-corrected chi connectivity index (χ3v) is 7.87. The molecule has 0 aromatic heterocycles. The molecule has 0 bridgehead atoms. The van der Waals surface area contributed by atoms with Gasteiger partial charge in [0.05, 0.1) is 17.7 Å². The lowest BCUT2D eigenvalue weighted by molar-refractivity contribution is -0.126. The number of nitrogens with zero attached hydrogens (tertiary/aromatic N) is 1. The maximum Gasteiger partial charge on any atom is 0.224 e. The molecule has 1 N–H and O–H groups in total. The van der Waals surface area contributed by atoms with E-state index in [1.165, 1.54) is 15.4 Å². The number of amides is 1. The van der Waals surface area contributed by atoms with Gasteiger partial charge in [0.15, 0.2) is 0 Å². The summed E-state index contributed by atoms with van der Waals surface area (Å²) >= 11 is 5.88. The fourth-order valence-corrected chi connectivity index (χ4v) is 5.48. The highest BCUT2D eigenvalue weighted by atomic mass is 35.5. The maximum atomic E-state index is 12.9. The van der Waals surface area contributed by atoms with Crippen LogP contribution < -0.4 is 5.32 Å². The second-order valence-corrected chi connectivity index (χ2v) is 10.6. The van der Waals surface area contributed by atoms with Gasteiger partial charge in [0.2, 0.25) is 15.9 Å². The molecule has 1 aliphatic heterocycles. The largest absolute Gasteiger partial charge is 0.349 e. The van der Waals surface area contributed by atoms with Gasteiger partial charge in [-0.1, -0.05) is 41.9 Å². The Labute approximate surface area is 184 Å². The average molecular weight is 449 g/mol. The number of aryl methyl sites for hydroxylation is 2. The molecule has 2 atom stereocenters. The minimum absolute atomic E-state index is 0.0858. The van der Waals surface area contributed by atoms with Gasteiger partial charge in [-0.25, -0.2) is 12.7 Å². The lowest BCUT2D eigenvalue weighted by atomic mass is 9.97. The van der Waals surface area contributed by atoms with E-state index in [1.54, 1.807) is 24.3 Å². The highest BCUT2D eigenvalue weighted by Gasteiger charge is 2.32. The van der Waals surface area contributed by atoms with E-state index < -0.39 is 10.0 Å². The second kappa shape index (κ2) is 9.50. The predicted octanol–water partition coefficient (Wildman–Crippen LogP) is 4.38. The Balaban J connectivity index is 1.63. The fraction of sp³-hybridized carbons (Fsp3) is 0.435. The summed E-state index contributed by atoms with van der Waals surface area (Å²) in [4.78, 5) is 12.9. The maximum absolute atomic E-state index is 12.9. The number of nitrogens with one attached hydrogen (secondary N) is 1. The van der Waals surface area contributed by atoms with Gasteiger partial charge < -0.3 is 5.32 Å². The number of hydrogen-bond donors (Lipinski definition) is 1. The summed E-state index contributed by atoms with van der Waals surface area (Å²) in [6.45, 7) is 6.75. The number of hydrogen-bond acceptors (Lipinski definition) is 3. The van der Waals surface area contributed by atoms with E-state index in [-0.39, 0.29) is 30.2 Å². The van der Waals surface area contributed by atoms with Gasteiger partial charge in [0.1, 0.15) is 0 Å². The number of rotatable bonds is 6. The molecule has 2 aromatic carbocycles. The molecule has 3 rings (SSSR count). The average Bonchev–Trinajstić information content (AvgIpc) is 2.71. The SMILES string of the molecule is Cc1ccc([C@H](C)NC(=O)[C@H]2CCCN(S(=O)(=O)Cc3ccc(Cl)cc3)C2)cc1C. The summed E-state index contributed by atoms with van der Waals surface area (Å²) < 4.78 is 27.2. The molecule has 1 fully saturated rings. The van der Waals surface area contributed by atoms with Crippen molar-refractivity contribution in [2.45, 2.75) is 45.4 Å². The smallest absolute Gasteiger partial charge is 0.224 e. The van der Waals surface area contributed by atoms with Crippen molar-refractivity contribution in [2.24, 2.45) is 5.92 Å². The molecular weight excluding hydrogens is 420 g/mol. The van der Waals surface area contributed by atoms with Crippen LogP contribution in [0.1, 0.15) is 48.1 Å². The summed E-state index contributed by atoms with van der Waals surface area (Å²) in [5, 5.41) is 3.64. The van der Waals surface area contributed by atoms with Gasteiger partial charge in [-0.2, -0.15) is 0 Å². The topological polar surface area (TPSA) is 66.5 Å². The molecule has 0 aliphatic carbocycles. The zero-order chi connectivity index (χ0) is 21.9. The van der Waals surface area contributed by atoms with E-state index in [2.05, 4.69) is 31.3 Å². The van der Waals surface area contributed by atoms with Gasteiger partial charge in [-0.3, -0.25) is 4.79 Å². The third kappa shape index (κ3) is 5.62. The first kappa shape index (κ1) is 22.8. The summed E-state index contributed by atoms with van der Waals surface area (Å²) in [7, 11) is -3.50. The molecule has 0 radical (unpaired) electrons. The van der Waals surface area contributed by atoms with Crippen LogP contribution in [0.4, 0.5) is 0 Å². The molecule has 1 aliphatic rings. The zero-order valence-electron chi connectivity index (χ0n) is 17.7. The summed E-state index contributed by atoms with van der Waals surface area (Å²) in [6, 6.07) is 12.9. The van der Waals surface area contributed by atoms with Crippen molar-refractivity contribution in [2.75, 3.05) is 13.1 Å². The van der Waals surface area contributed by atoms with Crippen molar-refractivity contribution in [3.8, 4) is 0 Å². The second-order valence-electron chi connectivity index (χ2n) is 8.15. The normalized spacial score (nSPS) is 18.7. The molecule has 1 amide bonds. The first-order valence-electron chi connectivity index (χ1n) is 10.3. The van der Waals surface area contributed by atoms with Gasteiger partial charge >= 0.3 is 0 Å². The Morgan fingerprint density at radius 1 is 1.17 bits per heavy atom. The first-order valence-corrected chi connectivity index (χ1v) is 12.2. The van der Waals surface area contributed by atoms with Gasteiger partial charge in [0.25, 0.3) is 0 Å². The standard InChI is InChI=1S/C23H29ClN2O3S/c1-16-6-9-20(13-17(16)2)18(3)25-23(27)21-5-4-12-26(14-21)30(28,29)15-19-7-10-22(24)11-8-19/h6-11,13,18,21H,4-5,12,14-15H2,1-3H3,(H,25,27)/t18-,21-/m0/s1. The molecule has 30 heavy (non-hydrogen) atoms. The molecule has 162 valence electrons. The van der Waals surface area contributed by atoms with Crippen molar-refractivity contribution in [3.63, 3.8) is 0 Å². The Hall–Kier alpha value is -1.89. The van der Waals surface area contributed by atoms with Crippen LogP contribution in [0.5, 0.6) is 0 Å². The van der Waals surface area contributed by atoms with Gasteiger partial charge in [0, 0.05) is 18.1 Å². The van der Waals surface area contributed by atoms with E-state index in [0.717, 1.165) is 5.56 Å². The Morgan fingerprint density at radius 3 is 2.53 bits per heavy atom. The molecule has 0 spiro atoms. The van der Waals surface area contributed by atoms with Crippen molar-refractivity contribution < 1.29 is 13.2 Å². The van der Waals surface area contributed by atoms with Gasteiger partial charge in [-0.15, -0.1) is 0 Å². The van der Waals surface area contributed by atoms with Crippen molar-refractivity contribution >= 4 is 27.5 Å².